The summed E-state index contributed by atoms with van der Waals surface area (Å²) in [4.78, 5) is 21.8. The third-order valence-corrected chi connectivity index (χ3v) is 2.47. The van der Waals surface area contributed by atoms with Gasteiger partial charge in [0.2, 0.25) is 6.79 Å². The van der Waals surface area contributed by atoms with Crippen LogP contribution in [0.3, 0.4) is 0 Å². The number of nitrogens with zero attached hydrogens (tertiary/aromatic N) is 1. The molecule has 0 spiro atoms. The highest BCUT2D eigenvalue weighted by Gasteiger charge is 2.31. The Morgan fingerprint density at radius 3 is 2.82 bits per heavy atom. The van der Waals surface area contributed by atoms with Gasteiger partial charge >= 0.3 is 5.97 Å². The molecule has 1 aromatic carbocycles. The maximum Gasteiger partial charge on any atom is 0.345 e. The van der Waals surface area contributed by atoms with E-state index in [1.807, 2.05) is 0 Å². The number of ether oxygens (including phenoxy) is 3. The van der Waals surface area contributed by atoms with E-state index < -0.39 is 10.9 Å². The lowest BCUT2D eigenvalue weighted by atomic mass is 10.0. The van der Waals surface area contributed by atoms with Crippen molar-refractivity contribution in [2.75, 3.05) is 13.9 Å². The van der Waals surface area contributed by atoms with Gasteiger partial charge in [-0.15, -0.1) is 0 Å². The van der Waals surface area contributed by atoms with Gasteiger partial charge < -0.3 is 14.2 Å². The van der Waals surface area contributed by atoms with Crippen LogP contribution in [0.1, 0.15) is 15.9 Å². The molecule has 0 aromatic heterocycles. The van der Waals surface area contributed by atoms with Gasteiger partial charge in [-0.25, -0.2) is 4.79 Å². The Morgan fingerprint density at radius 1 is 1.53 bits per heavy atom. The van der Waals surface area contributed by atoms with Gasteiger partial charge in [0.25, 0.3) is 5.69 Å². The van der Waals surface area contributed by atoms with Crippen molar-refractivity contribution in [2.24, 2.45) is 0 Å². The smallest absolute Gasteiger partial charge is 0.345 e. The first kappa shape index (κ1) is 11.2. The van der Waals surface area contributed by atoms with Crippen molar-refractivity contribution in [1.29, 1.82) is 0 Å². The molecule has 0 bridgehead atoms. The molecule has 7 heteroatoms. The first-order valence-corrected chi connectivity index (χ1v) is 4.72. The molecule has 7 nitrogen and oxygen atoms in total. The summed E-state index contributed by atoms with van der Waals surface area (Å²) in [6.45, 7) is 1.53. The SMILES string of the molecule is COC(=O)c1c([N+](=O)[O-])cc2c(c1C)OCO2. The highest BCUT2D eigenvalue weighted by molar-refractivity contribution is 5.97. The quantitative estimate of drug-likeness (QED) is 0.440. The Kier molecular flexibility index (Phi) is 2.58. The van der Waals surface area contributed by atoms with Crippen LogP contribution in [0.5, 0.6) is 11.5 Å². The number of fused-ring (bicyclic) bond motifs is 1. The highest BCUT2D eigenvalue weighted by atomic mass is 16.7. The molecular formula is C10H9NO6. The second-order valence-corrected chi connectivity index (χ2v) is 3.38. The van der Waals surface area contributed by atoms with Crippen molar-refractivity contribution < 1.29 is 23.9 Å². The monoisotopic (exact) mass is 239 g/mol. The standard InChI is InChI=1S/C10H9NO6/c1-5-8(10(12)15-2)6(11(13)14)3-7-9(5)17-4-16-7/h3H,4H2,1-2H3. The number of nitro benzene ring substituents is 1. The fourth-order valence-corrected chi connectivity index (χ4v) is 1.69. The second kappa shape index (κ2) is 3.93. The van der Waals surface area contributed by atoms with Gasteiger partial charge in [-0.05, 0) is 6.92 Å². The summed E-state index contributed by atoms with van der Waals surface area (Å²) in [6, 6.07) is 1.17. The molecule has 0 atom stereocenters. The summed E-state index contributed by atoms with van der Waals surface area (Å²) in [5.41, 5.74) is -0.112. The molecule has 17 heavy (non-hydrogen) atoms. The highest BCUT2D eigenvalue weighted by Crippen LogP contribution is 2.42. The van der Waals surface area contributed by atoms with Gasteiger partial charge in [0.05, 0.1) is 18.1 Å². The average molecular weight is 239 g/mol. The van der Waals surface area contributed by atoms with Crippen LogP contribution in [0.4, 0.5) is 5.69 Å². The minimum atomic E-state index is -0.771. The van der Waals surface area contributed by atoms with Gasteiger partial charge in [-0.3, -0.25) is 10.1 Å². The zero-order chi connectivity index (χ0) is 12.6. The van der Waals surface area contributed by atoms with Crippen LogP contribution in [0, 0.1) is 17.0 Å². The van der Waals surface area contributed by atoms with E-state index in [0.717, 1.165) is 7.11 Å². The average Bonchev–Trinajstić information content (AvgIpc) is 2.76. The molecule has 90 valence electrons. The Morgan fingerprint density at radius 2 is 2.24 bits per heavy atom. The molecule has 0 saturated heterocycles. The number of esters is 1. The fourth-order valence-electron chi connectivity index (χ4n) is 1.69. The molecule has 1 aliphatic rings. The van der Waals surface area contributed by atoms with Gasteiger partial charge in [0.15, 0.2) is 11.5 Å². The zero-order valence-electron chi connectivity index (χ0n) is 9.18. The van der Waals surface area contributed by atoms with E-state index in [1.165, 1.54) is 6.07 Å². The number of nitro groups is 1. The van der Waals surface area contributed by atoms with Crippen LogP contribution in [-0.2, 0) is 4.74 Å². The van der Waals surface area contributed by atoms with Crippen molar-refractivity contribution in [2.45, 2.75) is 6.92 Å². The Bertz CT molecular complexity index is 510. The summed E-state index contributed by atoms with van der Waals surface area (Å²) in [5, 5.41) is 10.9. The van der Waals surface area contributed by atoms with E-state index in [1.54, 1.807) is 6.92 Å². The number of hydrogen-bond donors (Lipinski definition) is 0. The van der Waals surface area contributed by atoms with Crippen molar-refractivity contribution in [3.05, 3.63) is 27.3 Å². The lowest BCUT2D eigenvalue weighted by Crippen LogP contribution is -2.08. The van der Waals surface area contributed by atoms with E-state index in [0.29, 0.717) is 11.3 Å². The van der Waals surface area contributed by atoms with Gasteiger partial charge in [0.1, 0.15) is 5.56 Å². The Hall–Kier alpha value is -2.31. The number of rotatable bonds is 2. The Labute approximate surface area is 96.0 Å². The molecule has 0 unspecified atom stereocenters. The van der Waals surface area contributed by atoms with Gasteiger partial charge in [-0.1, -0.05) is 0 Å². The molecule has 0 fully saturated rings. The number of methoxy groups -OCH3 is 1. The molecule has 2 rings (SSSR count). The van der Waals surface area contributed by atoms with E-state index >= 15 is 0 Å². The van der Waals surface area contributed by atoms with Gasteiger partial charge in [0, 0.05) is 5.56 Å². The number of benzene rings is 1. The Balaban J connectivity index is 2.70. The van der Waals surface area contributed by atoms with Crippen molar-refractivity contribution in [1.82, 2.24) is 0 Å². The predicted molar refractivity (Wildman–Crippen MR) is 55.3 cm³/mol. The summed E-state index contributed by atoms with van der Waals surface area (Å²) < 4.78 is 14.7. The van der Waals surface area contributed by atoms with Crippen molar-refractivity contribution in [3.63, 3.8) is 0 Å². The maximum absolute atomic E-state index is 11.5. The van der Waals surface area contributed by atoms with Gasteiger partial charge in [-0.2, -0.15) is 0 Å². The summed E-state index contributed by atoms with van der Waals surface area (Å²) in [6.07, 6.45) is 0. The molecule has 0 radical (unpaired) electrons. The van der Waals surface area contributed by atoms with Crippen LogP contribution < -0.4 is 9.47 Å². The zero-order valence-corrected chi connectivity index (χ0v) is 9.18. The van der Waals surface area contributed by atoms with Crippen LogP contribution in [0.25, 0.3) is 0 Å². The topological polar surface area (TPSA) is 87.9 Å². The first-order valence-electron chi connectivity index (χ1n) is 4.72. The molecule has 0 N–H and O–H groups in total. The van der Waals surface area contributed by atoms with Crippen molar-refractivity contribution in [3.8, 4) is 11.5 Å². The molecule has 1 aromatic rings. The third-order valence-electron chi connectivity index (χ3n) is 2.47. The molecule has 1 aliphatic heterocycles. The molecular weight excluding hydrogens is 230 g/mol. The number of carbonyl (C=O) groups excluding carboxylic acids is 1. The van der Waals surface area contributed by atoms with Crippen molar-refractivity contribution >= 4 is 11.7 Å². The number of hydrogen-bond acceptors (Lipinski definition) is 6. The van der Waals surface area contributed by atoms with E-state index in [-0.39, 0.29) is 23.8 Å². The van der Waals surface area contributed by atoms with Crippen LogP contribution in [-0.4, -0.2) is 24.8 Å². The summed E-state index contributed by atoms with van der Waals surface area (Å²) >= 11 is 0. The van der Waals surface area contributed by atoms with E-state index in [4.69, 9.17) is 9.47 Å². The molecule has 0 aliphatic carbocycles. The molecule has 1 heterocycles. The minimum Gasteiger partial charge on any atom is -0.465 e. The fraction of sp³-hybridized carbons (Fsp3) is 0.300. The minimum absolute atomic E-state index is 0.0159. The molecule has 0 amide bonds. The first-order chi connectivity index (χ1) is 8.06. The van der Waals surface area contributed by atoms with E-state index in [2.05, 4.69) is 4.74 Å². The molecule has 0 saturated carbocycles. The second-order valence-electron chi connectivity index (χ2n) is 3.38. The van der Waals surface area contributed by atoms with Crippen LogP contribution in [0.15, 0.2) is 6.07 Å². The lowest BCUT2D eigenvalue weighted by molar-refractivity contribution is -0.385. The predicted octanol–water partition coefficient (Wildman–Crippen LogP) is 1.42. The van der Waals surface area contributed by atoms with Crippen LogP contribution in [0.2, 0.25) is 0 Å². The lowest BCUT2D eigenvalue weighted by Gasteiger charge is -2.07. The summed E-state index contributed by atoms with van der Waals surface area (Å²) in [7, 11) is 1.16. The third kappa shape index (κ3) is 1.65. The number of carbonyl (C=O) groups is 1. The summed E-state index contributed by atoms with van der Waals surface area (Å²) in [5.74, 6) is -0.162. The van der Waals surface area contributed by atoms with Crippen LogP contribution >= 0.6 is 0 Å². The maximum atomic E-state index is 11.5. The van der Waals surface area contributed by atoms with E-state index in [9.17, 15) is 14.9 Å². The largest absolute Gasteiger partial charge is 0.465 e. The normalized spacial score (nSPS) is 12.4.